The van der Waals surface area contributed by atoms with Crippen molar-refractivity contribution in [2.75, 3.05) is 23.9 Å². The highest BCUT2D eigenvalue weighted by Gasteiger charge is 2.13. The molecule has 0 aliphatic rings. The van der Waals surface area contributed by atoms with Gasteiger partial charge in [-0.3, -0.25) is 4.79 Å². The first-order valence-electron chi connectivity index (χ1n) is 9.38. The van der Waals surface area contributed by atoms with Crippen LogP contribution in [0.4, 0.5) is 11.4 Å². The van der Waals surface area contributed by atoms with Gasteiger partial charge in [-0.25, -0.2) is 0 Å². The summed E-state index contributed by atoms with van der Waals surface area (Å²) in [5.74, 6) is 0.984. The van der Waals surface area contributed by atoms with Gasteiger partial charge in [0.15, 0.2) is 11.5 Å². The third-order valence-corrected chi connectivity index (χ3v) is 4.21. The third-order valence-electron chi connectivity index (χ3n) is 4.21. The van der Waals surface area contributed by atoms with Crippen LogP contribution < -0.4 is 19.7 Å². The Labute approximate surface area is 162 Å². The standard InChI is InChI=1S/C22H30N2O3/c1-7-24(15(2)3)19-11-9-18(10-12-19)23-22(25)17-8-13-20(27-16(4)5)21(14-17)26-6/h8-16H,7H2,1-6H3,(H,23,25). The average molecular weight is 370 g/mol. The molecule has 0 radical (unpaired) electrons. The monoisotopic (exact) mass is 370 g/mol. The van der Waals surface area contributed by atoms with E-state index in [-0.39, 0.29) is 12.0 Å². The van der Waals surface area contributed by atoms with E-state index < -0.39 is 0 Å². The predicted octanol–water partition coefficient (Wildman–Crippen LogP) is 4.97. The maximum Gasteiger partial charge on any atom is 0.255 e. The highest BCUT2D eigenvalue weighted by Crippen LogP contribution is 2.29. The van der Waals surface area contributed by atoms with E-state index in [4.69, 9.17) is 9.47 Å². The lowest BCUT2D eigenvalue weighted by Crippen LogP contribution is -2.30. The minimum absolute atomic E-state index is 0.0330. The van der Waals surface area contributed by atoms with Crippen LogP contribution in [-0.4, -0.2) is 31.7 Å². The zero-order chi connectivity index (χ0) is 20.0. The normalized spacial score (nSPS) is 10.8. The van der Waals surface area contributed by atoms with Crippen molar-refractivity contribution < 1.29 is 14.3 Å². The number of benzene rings is 2. The molecule has 0 saturated heterocycles. The lowest BCUT2D eigenvalue weighted by atomic mass is 10.1. The van der Waals surface area contributed by atoms with Gasteiger partial charge in [-0.2, -0.15) is 0 Å². The summed E-state index contributed by atoms with van der Waals surface area (Å²) < 4.78 is 11.0. The second kappa shape index (κ2) is 9.31. The van der Waals surface area contributed by atoms with Crippen molar-refractivity contribution in [2.24, 2.45) is 0 Å². The Morgan fingerprint density at radius 3 is 2.22 bits per heavy atom. The molecule has 0 aliphatic carbocycles. The van der Waals surface area contributed by atoms with Gasteiger partial charge in [0, 0.05) is 29.5 Å². The zero-order valence-corrected chi connectivity index (χ0v) is 17.1. The molecule has 2 aromatic rings. The minimum Gasteiger partial charge on any atom is -0.493 e. The molecule has 0 aliphatic heterocycles. The predicted molar refractivity (Wildman–Crippen MR) is 111 cm³/mol. The number of nitrogens with zero attached hydrogens (tertiary/aromatic N) is 1. The first-order valence-corrected chi connectivity index (χ1v) is 9.38. The van der Waals surface area contributed by atoms with Gasteiger partial charge in [0.1, 0.15) is 0 Å². The number of ether oxygens (including phenoxy) is 2. The van der Waals surface area contributed by atoms with Crippen LogP contribution in [0.5, 0.6) is 11.5 Å². The Hall–Kier alpha value is -2.69. The number of carbonyl (C=O) groups is 1. The first kappa shape index (κ1) is 20.6. The maximum atomic E-state index is 12.6. The molecule has 0 bridgehead atoms. The van der Waals surface area contributed by atoms with Crippen molar-refractivity contribution in [1.82, 2.24) is 0 Å². The molecule has 0 fully saturated rings. The number of hydrogen-bond acceptors (Lipinski definition) is 4. The largest absolute Gasteiger partial charge is 0.493 e. The van der Waals surface area contributed by atoms with Crippen LogP contribution in [0.2, 0.25) is 0 Å². The molecular weight excluding hydrogens is 340 g/mol. The Balaban J connectivity index is 2.12. The summed E-state index contributed by atoms with van der Waals surface area (Å²) in [6, 6.07) is 13.5. The van der Waals surface area contributed by atoms with E-state index in [0.717, 1.165) is 17.9 Å². The highest BCUT2D eigenvalue weighted by molar-refractivity contribution is 6.04. The summed E-state index contributed by atoms with van der Waals surface area (Å²) in [7, 11) is 1.57. The summed E-state index contributed by atoms with van der Waals surface area (Å²) in [6.45, 7) is 11.3. The summed E-state index contributed by atoms with van der Waals surface area (Å²) in [6.07, 6.45) is 0.0330. The molecule has 146 valence electrons. The lowest BCUT2D eigenvalue weighted by molar-refractivity contribution is 0.102. The van der Waals surface area contributed by atoms with E-state index in [0.29, 0.717) is 23.1 Å². The number of rotatable bonds is 8. The van der Waals surface area contributed by atoms with Gasteiger partial charge in [-0.15, -0.1) is 0 Å². The number of anilines is 2. The number of methoxy groups -OCH3 is 1. The van der Waals surface area contributed by atoms with E-state index in [1.54, 1.807) is 25.3 Å². The fraction of sp³-hybridized carbons (Fsp3) is 0.409. The molecule has 0 saturated carbocycles. The molecule has 5 heteroatoms. The summed E-state index contributed by atoms with van der Waals surface area (Å²) in [5.41, 5.74) is 2.41. The molecule has 0 atom stereocenters. The van der Waals surface area contributed by atoms with Crippen LogP contribution in [0.3, 0.4) is 0 Å². The van der Waals surface area contributed by atoms with Crippen LogP contribution in [0.1, 0.15) is 45.0 Å². The van der Waals surface area contributed by atoms with E-state index >= 15 is 0 Å². The third kappa shape index (κ3) is 5.39. The molecular formula is C22H30N2O3. The van der Waals surface area contributed by atoms with Crippen LogP contribution in [0, 0.1) is 0 Å². The average Bonchev–Trinajstić information content (AvgIpc) is 2.63. The molecule has 5 nitrogen and oxygen atoms in total. The van der Waals surface area contributed by atoms with E-state index in [1.807, 2.05) is 38.1 Å². The number of amides is 1. The fourth-order valence-electron chi connectivity index (χ4n) is 2.95. The number of nitrogens with one attached hydrogen (secondary N) is 1. The maximum absolute atomic E-state index is 12.6. The molecule has 0 heterocycles. The molecule has 0 spiro atoms. The molecule has 1 amide bonds. The van der Waals surface area contributed by atoms with Crippen molar-refractivity contribution in [1.29, 1.82) is 0 Å². The van der Waals surface area contributed by atoms with Crippen LogP contribution in [0.15, 0.2) is 42.5 Å². The Morgan fingerprint density at radius 1 is 1.04 bits per heavy atom. The van der Waals surface area contributed by atoms with Crippen molar-refractivity contribution in [3.8, 4) is 11.5 Å². The fourth-order valence-corrected chi connectivity index (χ4v) is 2.95. The van der Waals surface area contributed by atoms with Gasteiger partial charge in [0.2, 0.25) is 0 Å². The quantitative estimate of drug-likeness (QED) is 0.713. The van der Waals surface area contributed by atoms with Gasteiger partial charge in [0.05, 0.1) is 13.2 Å². The van der Waals surface area contributed by atoms with Crippen molar-refractivity contribution in [2.45, 2.75) is 46.8 Å². The van der Waals surface area contributed by atoms with E-state index in [9.17, 15) is 4.79 Å². The Kier molecular flexibility index (Phi) is 7.11. The van der Waals surface area contributed by atoms with Crippen LogP contribution in [-0.2, 0) is 0 Å². The summed E-state index contributed by atoms with van der Waals surface area (Å²) in [4.78, 5) is 14.9. The van der Waals surface area contributed by atoms with Crippen molar-refractivity contribution in [3.63, 3.8) is 0 Å². The van der Waals surface area contributed by atoms with Gasteiger partial charge >= 0.3 is 0 Å². The van der Waals surface area contributed by atoms with Gasteiger partial charge in [-0.1, -0.05) is 0 Å². The highest BCUT2D eigenvalue weighted by atomic mass is 16.5. The van der Waals surface area contributed by atoms with Crippen LogP contribution >= 0.6 is 0 Å². The molecule has 0 unspecified atom stereocenters. The van der Waals surface area contributed by atoms with Crippen molar-refractivity contribution >= 4 is 17.3 Å². The molecule has 2 aromatic carbocycles. The molecule has 1 N–H and O–H groups in total. The number of carbonyl (C=O) groups excluding carboxylic acids is 1. The second-order valence-electron chi connectivity index (χ2n) is 6.91. The molecule has 0 aromatic heterocycles. The van der Waals surface area contributed by atoms with E-state index in [1.165, 1.54) is 0 Å². The lowest BCUT2D eigenvalue weighted by Gasteiger charge is -2.27. The van der Waals surface area contributed by atoms with Crippen molar-refractivity contribution in [3.05, 3.63) is 48.0 Å². The van der Waals surface area contributed by atoms with Gasteiger partial charge in [-0.05, 0) is 77.1 Å². The first-order chi connectivity index (χ1) is 12.8. The number of hydrogen-bond donors (Lipinski definition) is 1. The molecule has 27 heavy (non-hydrogen) atoms. The Bertz CT molecular complexity index is 755. The van der Waals surface area contributed by atoms with Gasteiger partial charge < -0.3 is 19.7 Å². The van der Waals surface area contributed by atoms with Crippen LogP contribution in [0.25, 0.3) is 0 Å². The smallest absolute Gasteiger partial charge is 0.255 e. The second-order valence-corrected chi connectivity index (χ2v) is 6.91. The minimum atomic E-state index is -0.187. The zero-order valence-electron chi connectivity index (χ0n) is 17.1. The van der Waals surface area contributed by atoms with Gasteiger partial charge in [0.25, 0.3) is 5.91 Å². The topological polar surface area (TPSA) is 50.8 Å². The SMILES string of the molecule is CCN(c1ccc(NC(=O)c2ccc(OC(C)C)c(OC)c2)cc1)C(C)C. The van der Waals surface area contributed by atoms with E-state index in [2.05, 4.69) is 31.0 Å². The summed E-state index contributed by atoms with van der Waals surface area (Å²) >= 11 is 0. The molecule has 2 rings (SSSR count). The Morgan fingerprint density at radius 2 is 1.70 bits per heavy atom. The summed E-state index contributed by atoms with van der Waals surface area (Å²) in [5, 5.41) is 2.93.